The third-order valence-electron chi connectivity index (χ3n) is 4.69. The van der Waals surface area contributed by atoms with E-state index in [9.17, 15) is 0 Å². The van der Waals surface area contributed by atoms with E-state index < -0.39 is 0 Å². The molecule has 0 amide bonds. The summed E-state index contributed by atoms with van der Waals surface area (Å²) in [5, 5.41) is 7.29. The van der Waals surface area contributed by atoms with Crippen LogP contribution in [-0.4, -0.2) is 10.7 Å². The maximum Gasteiger partial charge on any atom is 0.203 e. The zero-order chi connectivity index (χ0) is 20.8. The predicted molar refractivity (Wildman–Crippen MR) is 125 cm³/mol. The zero-order valence-corrected chi connectivity index (χ0v) is 17.8. The third kappa shape index (κ3) is 5.13. The van der Waals surface area contributed by atoms with Crippen molar-refractivity contribution in [3.05, 3.63) is 101 Å². The van der Waals surface area contributed by atoms with Crippen LogP contribution in [0.5, 0.6) is 5.75 Å². The molecule has 0 saturated carbocycles. The van der Waals surface area contributed by atoms with Crippen molar-refractivity contribution in [2.24, 2.45) is 5.10 Å². The SMILES string of the molecule is CC(=NNc1nc(-c2ccc(C)cc2)cs1)c1ccc(OCc2ccccc2)cc1. The Bertz CT molecular complexity index is 1120. The first kappa shape index (κ1) is 19.9. The monoisotopic (exact) mass is 413 g/mol. The van der Waals surface area contributed by atoms with E-state index in [1.807, 2.05) is 54.8 Å². The lowest BCUT2D eigenvalue weighted by molar-refractivity contribution is 0.306. The fourth-order valence-electron chi connectivity index (χ4n) is 2.91. The van der Waals surface area contributed by atoms with Gasteiger partial charge < -0.3 is 4.74 Å². The molecule has 5 heteroatoms. The highest BCUT2D eigenvalue weighted by molar-refractivity contribution is 7.14. The lowest BCUT2D eigenvalue weighted by Crippen LogP contribution is -2.00. The number of nitrogens with one attached hydrogen (secondary N) is 1. The van der Waals surface area contributed by atoms with E-state index >= 15 is 0 Å². The minimum Gasteiger partial charge on any atom is -0.489 e. The maximum atomic E-state index is 5.84. The molecule has 0 unspecified atom stereocenters. The molecule has 4 rings (SSSR count). The first-order chi connectivity index (χ1) is 14.7. The van der Waals surface area contributed by atoms with Gasteiger partial charge in [-0.05, 0) is 49.2 Å². The van der Waals surface area contributed by atoms with E-state index in [2.05, 4.69) is 58.8 Å². The summed E-state index contributed by atoms with van der Waals surface area (Å²) in [7, 11) is 0. The Morgan fingerprint density at radius 2 is 1.70 bits per heavy atom. The highest BCUT2D eigenvalue weighted by Crippen LogP contribution is 2.25. The van der Waals surface area contributed by atoms with Crippen LogP contribution < -0.4 is 10.2 Å². The summed E-state index contributed by atoms with van der Waals surface area (Å²) in [5.74, 6) is 0.839. The summed E-state index contributed by atoms with van der Waals surface area (Å²) >= 11 is 1.54. The fraction of sp³-hybridized carbons (Fsp3) is 0.120. The molecular weight excluding hydrogens is 390 g/mol. The molecular formula is C25H23N3OS. The van der Waals surface area contributed by atoms with Crippen LogP contribution in [0, 0.1) is 6.92 Å². The third-order valence-corrected chi connectivity index (χ3v) is 5.44. The Labute approximate surface area is 180 Å². The molecule has 0 atom stereocenters. The van der Waals surface area contributed by atoms with Gasteiger partial charge in [0.05, 0.1) is 11.4 Å². The molecule has 150 valence electrons. The Hall–Kier alpha value is -3.44. The second-order valence-electron chi connectivity index (χ2n) is 7.01. The molecule has 0 aliphatic rings. The van der Waals surface area contributed by atoms with Gasteiger partial charge in [-0.15, -0.1) is 11.3 Å². The van der Waals surface area contributed by atoms with Crippen LogP contribution in [0.4, 0.5) is 5.13 Å². The van der Waals surface area contributed by atoms with Gasteiger partial charge in [-0.3, -0.25) is 5.43 Å². The molecule has 1 aromatic heterocycles. The molecule has 0 spiro atoms. The Morgan fingerprint density at radius 3 is 2.43 bits per heavy atom. The molecule has 0 saturated heterocycles. The van der Waals surface area contributed by atoms with Gasteiger partial charge in [0, 0.05) is 10.9 Å². The predicted octanol–water partition coefficient (Wildman–Crippen LogP) is 6.53. The van der Waals surface area contributed by atoms with Crippen LogP contribution in [0.15, 0.2) is 89.3 Å². The average Bonchev–Trinajstić information content (AvgIpc) is 3.27. The number of hydrazone groups is 1. The van der Waals surface area contributed by atoms with Crippen LogP contribution in [0.25, 0.3) is 11.3 Å². The molecule has 0 bridgehead atoms. The average molecular weight is 414 g/mol. The largest absolute Gasteiger partial charge is 0.489 e. The second-order valence-corrected chi connectivity index (χ2v) is 7.87. The van der Waals surface area contributed by atoms with E-state index in [1.54, 1.807) is 11.3 Å². The van der Waals surface area contributed by atoms with Crippen LogP contribution in [-0.2, 0) is 6.61 Å². The van der Waals surface area contributed by atoms with Gasteiger partial charge in [0.1, 0.15) is 12.4 Å². The van der Waals surface area contributed by atoms with Gasteiger partial charge in [0.25, 0.3) is 0 Å². The van der Waals surface area contributed by atoms with Crippen molar-refractivity contribution in [2.45, 2.75) is 20.5 Å². The molecule has 4 nitrogen and oxygen atoms in total. The summed E-state index contributed by atoms with van der Waals surface area (Å²) in [6, 6.07) is 26.5. The number of hydrogen-bond acceptors (Lipinski definition) is 5. The number of aryl methyl sites for hydroxylation is 1. The van der Waals surface area contributed by atoms with Crippen molar-refractivity contribution in [3.63, 3.8) is 0 Å². The molecule has 1 N–H and O–H groups in total. The van der Waals surface area contributed by atoms with Crippen molar-refractivity contribution in [1.29, 1.82) is 0 Å². The lowest BCUT2D eigenvalue weighted by atomic mass is 10.1. The highest BCUT2D eigenvalue weighted by Gasteiger charge is 2.05. The number of ether oxygens (including phenoxy) is 1. The number of hydrogen-bond donors (Lipinski definition) is 1. The molecule has 0 fully saturated rings. The number of rotatable bonds is 7. The number of aromatic nitrogens is 1. The first-order valence-corrected chi connectivity index (χ1v) is 10.7. The van der Waals surface area contributed by atoms with Crippen molar-refractivity contribution in [2.75, 3.05) is 5.43 Å². The molecule has 30 heavy (non-hydrogen) atoms. The van der Waals surface area contributed by atoms with Gasteiger partial charge in [-0.1, -0.05) is 60.2 Å². The topological polar surface area (TPSA) is 46.5 Å². The zero-order valence-electron chi connectivity index (χ0n) is 17.0. The van der Waals surface area contributed by atoms with E-state index in [0.717, 1.165) is 39.0 Å². The van der Waals surface area contributed by atoms with Gasteiger partial charge >= 0.3 is 0 Å². The number of thiazole rings is 1. The van der Waals surface area contributed by atoms with E-state index in [4.69, 9.17) is 4.74 Å². The quantitative estimate of drug-likeness (QED) is 0.277. The summed E-state index contributed by atoms with van der Waals surface area (Å²) < 4.78 is 5.84. The van der Waals surface area contributed by atoms with Crippen molar-refractivity contribution in [3.8, 4) is 17.0 Å². The Morgan fingerprint density at radius 1 is 0.967 bits per heavy atom. The number of anilines is 1. The normalized spacial score (nSPS) is 11.3. The molecule has 0 radical (unpaired) electrons. The Balaban J connectivity index is 1.36. The van der Waals surface area contributed by atoms with Crippen molar-refractivity contribution < 1.29 is 4.74 Å². The molecule has 4 aromatic rings. The summed E-state index contributed by atoms with van der Waals surface area (Å²) in [6.45, 7) is 4.61. The Kier molecular flexibility index (Phi) is 6.20. The van der Waals surface area contributed by atoms with Gasteiger partial charge in [-0.25, -0.2) is 4.98 Å². The molecule has 0 aliphatic carbocycles. The smallest absolute Gasteiger partial charge is 0.203 e. The second kappa shape index (κ2) is 9.37. The minimum atomic E-state index is 0.558. The van der Waals surface area contributed by atoms with Crippen molar-refractivity contribution in [1.82, 2.24) is 4.98 Å². The fourth-order valence-corrected chi connectivity index (χ4v) is 3.57. The summed E-state index contributed by atoms with van der Waals surface area (Å²) in [5.41, 5.74) is 9.44. The van der Waals surface area contributed by atoms with Crippen molar-refractivity contribution >= 4 is 22.2 Å². The number of benzene rings is 3. The first-order valence-electron chi connectivity index (χ1n) is 9.77. The molecule has 1 heterocycles. The van der Waals surface area contributed by atoms with Gasteiger partial charge in [-0.2, -0.15) is 5.10 Å². The van der Waals surface area contributed by atoms with E-state index in [-0.39, 0.29) is 0 Å². The molecule has 0 aliphatic heterocycles. The standard InChI is InChI=1S/C25H23N3OS/c1-18-8-10-22(11-9-18)24-17-30-25(26-24)28-27-19(2)21-12-14-23(15-13-21)29-16-20-6-4-3-5-7-20/h3-15,17H,16H2,1-2H3,(H,26,28). The minimum absolute atomic E-state index is 0.558. The maximum absolute atomic E-state index is 5.84. The van der Waals surface area contributed by atoms with Crippen LogP contribution in [0.3, 0.4) is 0 Å². The van der Waals surface area contributed by atoms with Crippen LogP contribution in [0.1, 0.15) is 23.6 Å². The van der Waals surface area contributed by atoms with E-state index in [0.29, 0.717) is 6.61 Å². The van der Waals surface area contributed by atoms with Crippen LogP contribution in [0.2, 0.25) is 0 Å². The van der Waals surface area contributed by atoms with E-state index in [1.165, 1.54) is 5.56 Å². The number of nitrogens with zero attached hydrogens (tertiary/aromatic N) is 2. The lowest BCUT2D eigenvalue weighted by Gasteiger charge is -2.07. The highest BCUT2D eigenvalue weighted by atomic mass is 32.1. The van der Waals surface area contributed by atoms with Gasteiger partial charge in [0.2, 0.25) is 5.13 Å². The van der Waals surface area contributed by atoms with Gasteiger partial charge in [0.15, 0.2) is 0 Å². The van der Waals surface area contributed by atoms with Crippen LogP contribution >= 0.6 is 11.3 Å². The summed E-state index contributed by atoms with van der Waals surface area (Å²) in [6.07, 6.45) is 0. The molecule has 3 aromatic carbocycles. The summed E-state index contributed by atoms with van der Waals surface area (Å²) in [4.78, 5) is 4.62.